The Morgan fingerprint density at radius 2 is 2.43 bits per heavy atom. The smallest absolute Gasteiger partial charge is 0.226 e. The molecule has 76 valence electrons. The molecule has 4 nitrogen and oxygen atoms in total. The molecular formula is C9H13N3OS. The van der Waals surface area contributed by atoms with Crippen LogP contribution in [-0.2, 0) is 4.79 Å². The highest BCUT2D eigenvalue weighted by molar-refractivity contribution is 7.99. The van der Waals surface area contributed by atoms with Crippen molar-refractivity contribution in [3.8, 4) is 0 Å². The van der Waals surface area contributed by atoms with Crippen molar-refractivity contribution < 1.29 is 4.79 Å². The first kappa shape index (κ1) is 11.0. The maximum absolute atomic E-state index is 11.4. The van der Waals surface area contributed by atoms with Crippen molar-refractivity contribution in [3.05, 3.63) is 18.6 Å². The zero-order valence-electron chi connectivity index (χ0n) is 8.23. The van der Waals surface area contributed by atoms with Gasteiger partial charge in [0.05, 0.1) is 6.20 Å². The van der Waals surface area contributed by atoms with Gasteiger partial charge in [0.25, 0.3) is 0 Å². The van der Waals surface area contributed by atoms with E-state index in [1.165, 1.54) is 6.20 Å². The van der Waals surface area contributed by atoms with E-state index >= 15 is 0 Å². The van der Waals surface area contributed by atoms with Gasteiger partial charge in [0.1, 0.15) is 0 Å². The molecule has 0 aliphatic rings. The zero-order valence-corrected chi connectivity index (χ0v) is 9.04. The van der Waals surface area contributed by atoms with Gasteiger partial charge in [-0.2, -0.15) is 11.8 Å². The van der Waals surface area contributed by atoms with Crippen LogP contribution in [0.5, 0.6) is 0 Å². The second kappa shape index (κ2) is 5.59. The van der Waals surface area contributed by atoms with Crippen molar-refractivity contribution in [2.24, 2.45) is 0 Å². The van der Waals surface area contributed by atoms with Crippen LogP contribution in [0.25, 0.3) is 0 Å². The molecule has 0 saturated heterocycles. The summed E-state index contributed by atoms with van der Waals surface area (Å²) in [6.45, 7) is 2.01. The van der Waals surface area contributed by atoms with Crippen molar-refractivity contribution >= 4 is 23.5 Å². The van der Waals surface area contributed by atoms with E-state index in [1.54, 1.807) is 24.2 Å². The molecule has 0 saturated carbocycles. The van der Waals surface area contributed by atoms with Crippen LogP contribution in [0, 0.1) is 0 Å². The van der Waals surface area contributed by atoms with E-state index in [0.717, 1.165) is 0 Å². The lowest BCUT2D eigenvalue weighted by atomic mass is 10.3. The first-order valence-corrected chi connectivity index (χ1v) is 5.60. The summed E-state index contributed by atoms with van der Waals surface area (Å²) in [5.41, 5.74) is 0. The standard InChI is InChI=1S/C9H13N3OS/c1-7(14-2)5-9(13)12-8-6-10-3-4-11-8/h3-4,6-7H,5H2,1-2H3,(H,11,12,13)/t7-/m0/s1. The third-order valence-corrected chi connectivity index (χ3v) is 2.68. The fraction of sp³-hybridized carbons (Fsp3) is 0.444. The number of anilines is 1. The molecule has 0 spiro atoms. The Kier molecular flexibility index (Phi) is 4.39. The Hall–Kier alpha value is -1.10. The number of rotatable bonds is 4. The highest BCUT2D eigenvalue weighted by Crippen LogP contribution is 2.10. The second-order valence-corrected chi connectivity index (χ2v) is 4.17. The molecule has 0 aromatic carbocycles. The molecule has 1 heterocycles. The first-order chi connectivity index (χ1) is 6.72. The van der Waals surface area contributed by atoms with Gasteiger partial charge in [-0.05, 0) is 6.26 Å². The lowest BCUT2D eigenvalue weighted by molar-refractivity contribution is -0.116. The highest BCUT2D eigenvalue weighted by Gasteiger charge is 2.07. The summed E-state index contributed by atoms with van der Waals surface area (Å²) in [6, 6.07) is 0. The maximum Gasteiger partial charge on any atom is 0.226 e. The summed E-state index contributed by atoms with van der Waals surface area (Å²) < 4.78 is 0. The Balaban J connectivity index is 2.42. The van der Waals surface area contributed by atoms with Crippen LogP contribution in [0.4, 0.5) is 5.82 Å². The van der Waals surface area contributed by atoms with E-state index in [9.17, 15) is 4.79 Å². The Labute approximate surface area is 87.5 Å². The number of thioether (sulfide) groups is 1. The predicted molar refractivity (Wildman–Crippen MR) is 58.3 cm³/mol. The number of aromatic nitrogens is 2. The first-order valence-electron chi connectivity index (χ1n) is 4.31. The molecule has 0 radical (unpaired) electrons. The summed E-state index contributed by atoms with van der Waals surface area (Å²) in [5.74, 6) is 0.484. The minimum absolute atomic E-state index is 0.0210. The van der Waals surface area contributed by atoms with Crippen molar-refractivity contribution in [2.45, 2.75) is 18.6 Å². The molecule has 5 heteroatoms. The molecule has 0 aliphatic heterocycles. The molecule has 0 unspecified atom stereocenters. The number of nitrogens with zero attached hydrogens (tertiary/aromatic N) is 2. The Morgan fingerprint density at radius 3 is 3.00 bits per heavy atom. The summed E-state index contributed by atoms with van der Waals surface area (Å²) in [5, 5.41) is 3.01. The third kappa shape index (κ3) is 3.74. The minimum atomic E-state index is -0.0210. The minimum Gasteiger partial charge on any atom is -0.309 e. The SMILES string of the molecule is CS[C@@H](C)CC(=O)Nc1cnccn1. The van der Waals surface area contributed by atoms with Crippen LogP contribution in [0.15, 0.2) is 18.6 Å². The van der Waals surface area contributed by atoms with E-state index in [-0.39, 0.29) is 5.91 Å². The van der Waals surface area contributed by atoms with Gasteiger partial charge in [-0.15, -0.1) is 0 Å². The van der Waals surface area contributed by atoms with E-state index < -0.39 is 0 Å². The van der Waals surface area contributed by atoms with Gasteiger partial charge >= 0.3 is 0 Å². The summed E-state index contributed by atoms with van der Waals surface area (Å²) in [7, 11) is 0. The number of carbonyl (C=O) groups excluding carboxylic acids is 1. The summed E-state index contributed by atoms with van der Waals surface area (Å²) in [6.07, 6.45) is 7.13. The molecule has 1 rings (SSSR count). The van der Waals surface area contributed by atoms with Gasteiger partial charge < -0.3 is 5.32 Å². The Bertz CT molecular complexity index is 291. The number of nitrogens with one attached hydrogen (secondary N) is 1. The van der Waals surface area contributed by atoms with E-state index in [2.05, 4.69) is 15.3 Å². The molecule has 14 heavy (non-hydrogen) atoms. The lowest BCUT2D eigenvalue weighted by Gasteiger charge is -2.07. The van der Waals surface area contributed by atoms with Gasteiger partial charge in [-0.3, -0.25) is 9.78 Å². The average molecular weight is 211 g/mol. The van der Waals surface area contributed by atoms with Crippen LogP contribution < -0.4 is 5.32 Å². The molecule has 1 aromatic heterocycles. The van der Waals surface area contributed by atoms with E-state index in [1.807, 2.05) is 13.2 Å². The fourth-order valence-electron chi connectivity index (χ4n) is 0.902. The number of carbonyl (C=O) groups is 1. The van der Waals surface area contributed by atoms with Crippen molar-refractivity contribution in [2.75, 3.05) is 11.6 Å². The average Bonchev–Trinajstić information content (AvgIpc) is 2.19. The van der Waals surface area contributed by atoms with Crippen molar-refractivity contribution in [1.29, 1.82) is 0 Å². The number of hydrogen-bond donors (Lipinski definition) is 1. The molecular weight excluding hydrogens is 198 g/mol. The van der Waals surface area contributed by atoms with E-state index in [4.69, 9.17) is 0 Å². The quantitative estimate of drug-likeness (QED) is 0.821. The second-order valence-electron chi connectivity index (χ2n) is 2.89. The summed E-state index contributed by atoms with van der Waals surface area (Å²) >= 11 is 1.67. The molecule has 1 atom stereocenters. The van der Waals surface area contributed by atoms with Crippen LogP contribution in [-0.4, -0.2) is 27.4 Å². The van der Waals surface area contributed by atoms with Gasteiger partial charge in [0.15, 0.2) is 5.82 Å². The van der Waals surface area contributed by atoms with Crippen LogP contribution in [0.2, 0.25) is 0 Å². The highest BCUT2D eigenvalue weighted by atomic mass is 32.2. The molecule has 0 fully saturated rings. The molecule has 1 amide bonds. The van der Waals surface area contributed by atoms with Gasteiger partial charge in [-0.25, -0.2) is 4.98 Å². The van der Waals surface area contributed by atoms with Crippen molar-refractivity contribution in [3.63, 3.8) is 0 Å². The molecule has 1 aromatic rings. The maximum atomic E-state index is 11.4. The number of amides is 1. The van der Waals surface area contributed by atoms with E-state index in [0.29, 0.717) is 17.5 Å². The van der Waals surface area contributed by atoms with Crippen LogP contribution in [0.1, 0.15) is 13.3 Å². The third-order valence-electron chi connectivity index (χ3n) is 1.71. The summed E-state index contributed by atoms with van der Waals surface area (Å²) in [4.78, 5) is 19.2. The number of hydrogen-bond acceptors (Lipinski definition) is 4. The molecule has 0 aliphatic carbocycles. The fourth-order valence-corrected chi connectivity index (χ4v) is 1.22. The largest absolute Gasteiger partial charge is 0.309 e. The normalized spacial score (nSPS) is 12.1. The predicted octanol–water partition coefficient (Wildman–Crippen LogP) is 1.56. The lowest BCUT2D eigenvalue weighted by Crippen LogP contribution is -2.16. The van der Waals surface area contributed by atoms with Gasteiger partial charge in [0.2, 0.25) is 5.91 Å². The van der Waals surface area contributed by atoms with Crippen molar-refractivity contribution in [1.82, 2.24) is 9.97 Å². The van der Waals surface area contributed by atoms with Crippen LogP contribution in [0.3, 0.4) is 0 Å². The van der Waals surface area contributed by atoms with Gasteiger partial charge in [0, 0.05) is 24.1 Å². The Morgan fingerprint density at radius 1 is 1.64 bits per heavy atom. The topological polar surface area (TPSA) is 54.9 Å². The molecule has 0 bridgehead atoms. The van der Waals surface area contributed by atoms with Crippen LogP contribution >= 0.6 is 11.8 Å². The van der Waals surface area contributed by atoms with Gasteiger partial charge in [-0.1, -0.05) is 6.92 Å². The molecule has 1 N–H and O–H groups in total. The monoisotopic (exact) mass is 211 g/mol. The zero-order chi connectivity index (χ0) is 10.4.